The smallest absolute Gasteiger partial charge is 0.137 e. The zero-order valence-electron chi connectivity index (χ0n) is 12.7. The molecule has 0 aromatic carbocycles. The molecule has 0 spiro atoms. The van der Waals surface area contributed by atoms with Gasteiger partial charge in [-0.25, -0.2) is 4.98 Å². The average molecular weight is 270 g/mol. The van der Waals surface area contributed by atoms with Crippen molar-refractivity contribution in [3.8, 4) is 0 Å². The SMILES string of the molecule is Cc1cccc2nc3c(n12)CCCCCCCCCC3. The Bertz CT molecular complexity index is 568. The molecule has 0 saturated heterocycles. The Morgan fingerprint density at radius 3 is 2.25 bits per heavy atom. The van der Waals surface area contributed by atoms with Crippen molar-refractivity contribution >= 4 is 5.65 Å². The Balaban J connectivity index is 1.93. The molecule has 3 rings (SSSR count). The van der Waals surface area contributed by atoms with Gasteiger partial charge in [-0.15, -0.1) is 0 Å². The maximum Gasteiger partial charge on any atom is 0.137 e. The second-order valence-corrected chi connectivity index (χ2v) is 6.19. The molecule has 20 heavy (non-hydrogen) atoms. The molecule has 0 aliphatic heterocycles. The molecule has 0 atom stereocenters. The Kier molecular flexibility index (Phi) is 4.39. The standard InChI is InChI=1S/C18H26N2/c1-15-11-10-14-18-19-16-12-8-6-4-2-3-5-7-9-13-17(16)20(15)18/h10-11,14H,2-9,12-13H2,1H3. The van der Waals surface area contributed by atoms with Gasteiger partial charge in [-0.2, -0.15) is 0 Å². The van der Waals surface area contributed by atoms with Crippen molar-refractivity contribution in [1.29, 1.82) is 0 Å². The van der Waals surface area contributed by atoms with Crippen molar-refractivity contribution < 1.29 is 0 Å². The van der Waals surface area contributed by atoms with E-state index in [0.717, 1.165) is 12.1 Å². The van der Waals surface area contributed by atoms with Gasteiger partial charge < -0.3 is 4.40 Å². The van der Waals surface area contributed by atoms with Crippen LogP contribution >= 0.6 is 0 Å². The Morgan fingerprint density at radius 1 is 0.850 bits per heavy atom. The van der Waals surface area contributed by atoms with Crippen molar-refractivity contribution in [3.63, 3.8) is 0 Å². The molecule has 2 heterocycles. The monoisotopic (exact) mass is 270 g/mol. The van der Waals surface area contributed by atoms with E-state index in [4.69, 9.17) is 4.98 Å². The van der Waals surface area contributed by atoms with Gasteiger partial charge >= 0.3 is 0 Å². The second kappa shape index (κ2) is 6.43. The summed E-state index contributed by atoms with van der Waals surface area (Å²) in [6, 6.07) is 6.47. The van der Waals surface area contributed by atoms with Crippen molar-refractivity contribution in [1.82, 2.24) is 9.38 Å². The molecule has 1 aliphatic carbocycles. The third-order valence-electron chi connectivity index (χ3n) is 4.59. The predicted molar refractivity (Wildman–Crippen MR) is 84.3 cm³/mol. The molecular formula is C18H26N2. The largest absolute Gasteiger partial charge is 0.301 e. The van der Waals surface area contributed by atoms with Crippen molar-refractivity contribution in [3.05, 3.63) is 35.3 Å². The summed E-state index contributed by atoms with van der Waals surface area (Å²) in [5.74, 6) is 0. The molecule has 2 aromatic heterocycles. The maximum atomic E-state index is 4.91. The zero-order chi connectivity index (χ0) is 13.8. The minimum atomic E-state index is 1.14. The van der Waals surface area contributed by atoms with E-state index < -0.39 is 0 Å². The number of nitrogens with zero attached hydrogens (tertiary/aromatic N) is 2. The number of aromatic nitrogens is 2. The summed E-state index contributed by atoms with van der Waals surface area (Å²) in [7, 11) is 0. The summed E-state index contributed by atoms with van der Waals surface area (Å²) in [5.41, 5.74) is 5.31. The minimum Gasteiger partial charge on any atom is -0.301 e. The average Bonchev–Trinajstić information content (AvgIpc) is 2.78. The summed E-state index contributed by atoms with van der Waals surface area (Å²) >= 11 is 0. The number of aryl methyl sites for hydroxylation is 3. The fourth-order valence-corrected chi connectivity index (χ4v) is 3.48. The normalized spacial score (nSPS) is 18.2. The number of fused-ring (bicyclic) bond motifs is 3. The first-order valence-corrected chi connectivity index (χ1v) is 8.32. The van der Waals surface area contributed by atoms with Crippen LogP contribution in [0.1, 0.15) is 68.4 Å². The van der Waals surface area contributed by atoms with Gasteiger partial charge in [-0.1, -0.05) is 44.6 Å². The van der Waals surface area contributed by atoms with Gasteiger partial charge in [0, 0.05) is 11.4 Å². The van der Waals surface area contributed by atoms with Crippen LogP contribution in [0.25, 0.3) is 5.65 Å². The van der Waals surface area contributed by atoms with E-state index in [-0.39, 0.29) is 0 Å². The summed E-state index contributed by atoms with van der Waals surface area (Å²) < 4.78 is 2.39. The summed E-state index contributed by atoms with van der Waals surface area (Å²) in [6.07, 6.45) is 13.4. The van der Waals surface area contributed by atoms with Crippen LogP contribution in [0.5, 0.6) is 0 Å². The lowest BCUT2D eigenvalue weighted by molar-refractivity contribution is 0.555. The van der Waals surface area contributed by atoms with Gasteiger partial charge in [-0.3, -0.25) is 0 Å². The fourth-order valence-electron chi connectivity index (χ4n) is 3.48. The third kappa shape index (κ3) is 2.89. The topological polar surface area (TPSA) is 17.3 Å². The highest BCUT2D eigenvalue weighted by atomic mass is 15.0. The van der Waals surface area contributed by atoms with E-state index in [1.807, 2.05) is 0 Å². The van der Waals surface area contributed by atoms with Crippen molar-refractivity contribution in [2.24, 2.45) is 0 Å². The first kappa shape index (κ1) is 13.7. The lowest BCUT2D eigenvalue weighted by Crippen LogP contribution is -2.01. The Morgan fingerprint density at radius 2 is 1.50 bits per heavy atom. The van der Waals surface area contributed by atoms with Crippen LogP contribution in [-0.2, 0) is 12.8 Å². The van der Waals surface area contributed by atoms with Gasteiger partial charge in [0.2, 0.25) is 0 Å². The molecule has 2 nitrogen and oxygen atoms in total. The van der Waals surface area contributed by atoms with Crippen LogP contribution in [0.2, 0.25) is 0 Å². The fraction of sp³-hybridized carbons (Fsp3) is 0.611. The third-order valence-corrected chi connectivity index (χ3v) is 4.59. The molecular weight excluding hydrogens is 244 g/mol. The van der Waals surface area contributed by atoms with E-state index in [9.17, 15) is 0 Å². The highest BCUT2D eigenvalue weighted by Gasteiger charge is 2.13. The maximum absolute atomic E-state index is 4.91. The molecule has 0 fully saturated rings. The summed E-state index contributed by atoms with van der Waals surface area (Å²) in [4.78, 5) is 4.91. The van der Waals surface area contributed by atoms with Crippen LogP contribution < -0.4 is 0 Å². The highest BCUT2D eigenvalue weighted by Crippen LogP contribution is 2.21. The number of hydrogen-bond acceptors (Lipinski definition) is 1. The van der Waals surface area contributed by atoms with Gasteiger partial charge in [-0.05, 0) is 44.7 Å². The molecule has 0 radical (unpaired) electrons. The second-order valence-electron chi connectivity index (χ2n) is 6.19. The first-order chi connectivity index (χ1) is 9.86. The summed E-state index contributed by atoms with van der Waals surface area (Å²) in [5, 5.41) is 0. The molecule has 0 N–H and O–H groups in total. The van der Waals surface area contributed by atoms with Crippen molar-refractivity contribution in [2.45, 2.75) is 71.1 Å². The van der Waals surface area contributed by atoms with E-state index >= 15 is 0 Å². The van der Waals surface area contributed by atoms with Crippen LogP contribution in [0.4, 0.5) is 0 Å². The number of pyridine rings is 1. The molecule has 108 valence electrons. The predicted octanol–water partition coefficient (Wildman–Crippen LogP) is 4.86. The van der Waals surface area contributed by atoms with E-state index in [1.165, 1.54) is 74.9 Å². The van der Waals surface area contributed by atoms with E-state index in [2.05, 4.69) is 29.5 Å². The summed E-state index contributed by atoms with van der Waals surface area (Å²) in [6.45, 7) is 2.20. The van der Waals surface area contributed by atoms with Crippen LogP contribution in [0, 0.1) is 6.92 Å². The van der Waals surface area contributed by atoms with Crippen LogP contribution in [0.3, 0.4) is 0 Å². The molecule has 1 aliphatic rings. The highest BCUT2D eigenvalue weighted by molar-refractivity contribution is 5.45. The van der Waals surface area contributed by atoms with E-state index in [1.54, 1.807) is 0 Å². The molecule has 2 aromatic rings. The zero-order valence-corrected chi connectivity index (χ0v) is 12.7. The Labute approximate surface area is 122 Å². The molecule has 0 saturated carbocycles. The lowest BCUT2D eigenvalue weighted by atomic mass is 10.0. The minimum absolute atomic E-state index is 1.14. The number of imidazole rings is 1. The molecule has 0 amide bonds. The molecule has 0 bridgehead atoms. The Hall–Kier alpha value is -1.31. The van der Waals surface area contributed by atoms with Gasteiger partial charge in [0.15, 0.2) is 0 Å². The first-order valence-electron chi connectivity index (χ1n) is 8.32. The van der Waals surface area contributed by atoms with Gasteiger partial charge in [0.1, 0.15) is 5.65 Å². The quantitative estimate of drug-likeness (QED) is 0.668. The lowest BCUT2D eigenvalue weighted by Gasteiger charge is -2.09. The van der Waals surface area contributed by atoms with Crippen LogP contribution in [0.15, 0.2) is 18.2 Å². The molecule has 2 heteroatoms. The number of hydrogen-bond donors (Lipinski definition) is 0. The van der Waals surface area contributed by atoms with E-state index in [0.29, 0.717) is 0 Å². The van der Waals surface area contributed by atoms with Crippen LogP contribution in [-0.4, -0.2) is 9.38 Å². The number of rotatable bonds is 0. The van der Waals surface area contributed by atoms with Gasteiger partial charge in [0.25, 0.3) is 0 Å². The van der Waals surface area contributed by atoms with Gasteiger partial charge in [0.05, 0.1) is 5.69 Å². The van der Waals surface area contributed by atoms with Crippen molar-refractivity contribution in [2.75, 3.05) is 0 Å². The molecule has 0 unspecified atom stereocenters.